The molecular formula is C22H31N3O2. The number of amides is 1. The van der Waals surface area contributed by atoms with Crippen molar-refractivity contribution < 1.29 is 9.90 Å². The zero-order valence-electron chi connectivity index (χ0n) is 16.8. The first-order valence-electron chi connectivity index (χ1n) is 10.1. The first kappa shape index (κ1) is 18.5. The molecule has 5 nitrogen and oxygen atoms in total. The number of hydrogen-bond acceptors (Lipinski definition) is 3. The summed E-state index contributed by atoms with van der Waals surface area (Å²) in [5, 5.41) is 13.9. The van der Waals surface area contributed by atoms with Gasteiger partial charge in [0.1, 0.15) is 0 Å². The molecule has 5 heteroatoms. The van der Waals surface area contributed by atoms with Gasteiger partial charge in [0.25, 0.3) is 0 Å². The highest BCUT2D eigenvalue weighted by Gasteiger charge is 2.49. The van der Waals surface area contributed by atoms with Crippen molar-refractivity contribution in [1.82, 2.24) is 14.8 Å². The average molecular weight is 370 g/mol. The molecule has 0 saturated carbocycles. The lowest BCUT2D eigenvalue weighted by Crippen LogP contribution is -2.59. The van der Waals surface area contributed by atoms with E-state index < -0.39 is 0 Å². The van der Waals surface area contributed by atoms with Gasteiger partial charge < -0.3 is 19.9 Å². The van der Waals surface area contributed by atoms with Crippen molar-refractivity contribution in [2.45, 2.75) is 50.6 Å². The Labute approximate surface area is 161 Å². The Bertz CT molecular complexity index is 870. The van der Waals surface area contributed by atoms with E-state index in [4.69, 9.17) is 0 Å². The van der Waals surface area contributed by atoms with Crippen LogP contribution in [0.4, 0.5) is 0 Å². The van der Waals surface area contributed by atoms with Gasteiger partial charge in [-0.2, -0.15) is 0 Å². The maximum Gasteiger partial charge on any atom is 0.224 e. The Morgan fingerprint density at radius 3 is 2.89 bits per heavy atom. The molecule has 2 heterocycles. The molecule has 2 aliphatic rings. The van der Waals surface area contributed by atoms with Gasteiger partial charge in [0.15, 0.2) is 0 Å². The molecule has 1 aliphatic carbocycles. The van der Waals surface area contributed by atoms with E-state index in [1.807, 2.05) is 6.92 Å². The van der Waals surface area contributed by atoms with E-state index in [1.165, 1.54) is 22.0 Å². The van der Waals surface area contributed by atoms with Crippen molar-refractivity contribution in [3.63, 3.8) is 0 Å². The summed E-state index contributed by atoms with van der Waals surface area (Å²) in [5.41, 5.74) is 4.03. The van der Waals surface area contributed by atoms with Crippen LogP contribution in [-0.2, 0) is 23.7 Å². The minimum Gasteiger partial charge on any atom is -0.394 e. The van der Waals surface area contributed by atoms with Gasteiger partial charge in [0, 0.05) is 42.1 Å². The molecule has 2 unspecified atom stereocenters. The van der Waals surface area contributed by atoms with Crippen molar-refractivity contribution >= 4 is 16.8 Å². The number of rotatable bonds is 4. The Morgan fingerprint density at radius 2 is 2.19 bits per heavy atom. The maximum atomic E-state index is 12.9. The van der Waals surface area contributed by atoms with E-state index in [2.05, 4.69) is 60.2 Å². The summed E-state index contributed by atoms with van der Waals surface area (Å²) in [4.78, 5) is 15.3. The van der Waals surface area contributed by atoms with Gasteiger partial charge in [-0.05, 0) is 43.5 Å². The Kier molecular flexibility index (Phi) is 4.55. The Hall–Kier alpha value is -1.85. The van der Waals surface area contributed by atoms with E-state index in [-0.39, 0.29) is 29.9 Å². The molecule has 0 radical (unpaired) electrons. The molecule has 1 aromatic carbocycles. The Morgan fingerprint density at radius 1 is 1.41 bits per heavy atom. The SMILES string of the molecule is CCC(CO)NC(=O)C1CN(C)[C@@H]2Cc3cn(C)c4cccc(c34)[C@@]2(C)C1. The zero-order chi connectivity index (χ0) is 19.3. The predicted molar refractivity (Wildman–Crippen MR) is 108 cm³/mol. The van der Waals surface area contributed by atoms with Crippen molar-refractivity contribution in [3.8, 4) is 0 Å². The lowest BCUT2D eigenvalue weighted by atomic mass is 9.62. The lowest BCUT2D eigenvalue weighted by molar-refractivity contribution is -0.129. The number of nitrogens with zero attached hydrogens (tertiary/aromatic N) is 2. The number of aromatic nitrogens is 1. The number of hydrogen-bond donors (Lipinski definition) is 2. The first-order valence-corrected chi connectivity index (χ1v) is 10.1. The molecule has 146 valence electrons. The Balaban J connectivity index is 1.71. The molecule has 4 atom stereocenters. The number of aryl methyl sites for hydroxylation is 1. The summed E-state index contributed by atoms with van der Waals surface area (Å²) in [7, 11) is 4.27. The molecule has 2 N–H and O–H groups in total. The topological polar surface area (TPSA) is 57.5 Å². The van der Waals surface area contributed by atoms with Crippen molar-refractivity contribution in [1.29, 1.82) is 0 Å². The number of piperidine rings is 1. The van der Waals surface area contributed by atoms with Gasteiger partial charge in [0.05, 0.1) is 18.6 Å². The van der Waals surface area contributed by atoms with E-state index in [1.54, 1.807) is 0 Å². The van der Waals surface area contributed by atoms with E-state index in [0.717, 1.165) is 25.8 Å². The van der Waals surface area contributed by atoms with Crippen molar-refractivity contribution in [3.05, 3.63) is 35.5 Å². The summed E-state index contributed by atoms with van der Waals surface area (Å²) in [6.07, 6.45) is 4.90. The normalized spacial score (nSPS) is 28.8. The van der Waals surface area contributed by atoms with Crippen LogP contribution in [-0.4, -0.2) is 52.8 Å². The molecule has 2 aromatic rings. The number of benzene rings is 1. The number of nitrogens with one attached hydrogen (secondary N) is 1. The monoisotopic (exact) mass is 369 g/mol. The third-order valence-corrected chi connectivity index (χ3v) is 7.00. The van der Waals surface area contributed by atoms with Crippen LogP contribution in [0.1, 0.15) is 37.8 Å². The van der Waals surface area contributed by atoms with Crippen LogP contribution in [0.15, 0.2) is 24.4 Å². The number of aliphatic hydroxyl groups excluding tert-OH is 1. The average Bonchev–Trinajstić information content (AvgIpc) is 2.98. The van der Waals surface area contributed by atoms with E-state index >= 15 is 0 Å². The molecule has 27 heavy (non-hydrogen) atoms. The largest absolute Gasteiger partial charge is 0.394 e. The summed E-state index contributed by atoms with van der Waals surface area (Å²) in [6, 6.07) is 6.85. The number of likely N-dealkylation sites (N-methyl/N-ethyl adjacent to an activating group) is 1. The lowest BCUT2D eigenvalue weighted by Gasteiger charge is -2.52. The highest BCUT2D eigenvalue weighted by atomic mass is 16.3. The number of carbonyl (C=O) groups is 1. The molecule has 1 fully saturated rings. The minimum atomic E-state index is -0.149. The molecule has 1 aliphatic heterocycles. The summed E-state index contributed by atoms with van der Waals surface area (Å²) >= 11 is 0. The van der Waals surface area contributed by atoms with Gasteiger partial charge in [-0.25, -0.2) is 0 Å². The fraction of sp³-hybridized carbons (Fsp3) is 0.591. The van der Waals surface area contributed by atoms with E-state index in [9.17, 15) is 9.90 Å². The van der Waals surface area contributed by atoms with Crippen LogP contribution >= 0.6 is 0 Å². The van der Waals surface area contributed by atoms with Gasteiger partial charge in [-0.15, -0.1) is 0 Å². The summed E-state index contributed by atoms with van der Waals surface area (Å²) in [6.45, 7) is 5.09. The number of likely N-dealkylation sites (tertiary alicyclic amines) is 1. The van der Waals surface area contributed by atoms with Crippen LogP contribution in [0.3, 0.4) is 0 Å². The van der Waals surface area contributed by atoms with Crippen LogP contribution in [0.25, 0.3) is 10.9 Å². The third-order valence-electron chi connectivity index (χ3n) is 7.00. The van der Waals surface area contributed by atoms with Crippen molar-refractivity contribution in [2.75, 3.05) is 20.2 Å². The number of carbonyl (C=O) groups excluding carboxylic acids is 1. The standard InChI is InChI=1S/C22H31N3O2/c1-5-16(13-26)23-21(27)15-10-22(2)17-7-6-8-18-20(17)14(11-24(18)3)9-19(22)25(4)12-15/h6-8,11,15-16,19,26H,5,9-10,12-13H2,1-4H3,(H,23,27)/t15?,16?,19-,22-/m1/s1. The van der Waals surface area contributed by atoms with Crippen LogP contribution < -0.4 is 5.32 Å². The van der Waals surface area contributed by atoms with Gasteiger partial charge >= 0.3 is 0 Å². The van der Waals surface area contributed by atoms with Crippen molar-refractivity contribution in [2.24, 2.45) is 13.0 Å². The van der Waals surface area contributed by atoms with Crippen LogP contribution in [0.5, 0.6) is 0 Å². The minimum absolute atomic E-state index is 0.00260. The van der Waals surface area contributed by atoms with Crippen LogP contribution in [0, 0.1) is 5.92 Å². The molecule has 1 amide bonds. The zero-order valence-corrected chi connectivity index (χ0v) is 16.8. The second-order valence-electron chi connectivity index (χ2n) is 8.74. The fourth-order valence-corrected chi connectivity index (χ4v) is 5.49. The second kappa shape index (κ2) is 6.64. The third kappa shape index (κ3) is 2.79. The maximum absolute atomic E-state index is 12.9. The summed E-state index contributed by atoms with van der Waals surface area (Å²) < 4.78 is 2.23. The van der Waals surface area contributed by atoms with Gasteiger partial charge in [-0.1, -0.05) is 26.0 Å². The predicted octanol–water partition coefficient (Wildman–Crippen LogP) is 2.20. The first-order chi connectivity index (χ1) is 12.9. The fourth-order valence-electron chi connectivity index (χ4n) is 5.49. The molecule has 0 spiro atoms. The van der Waals surface area contributed by atoms with Gasteiger partial charge in [-0.3, -0.25) is 4.79 Å². The second-order valence-corrected chi connectivity index (χ2v) is 8.74. The quantitative estimate of drug-likeness (QED) is 0.869. The molecule has 4 rings (SSSR count). The number of fused-ring (bicyclic) bond motifs is 2. The highest BCUT2D eigenvalue weighted by molar-refractivity contribution is 5.90. The molecule has 1 aromatic heterocycles. The molecule has 1 saturated heterocycles. The van der Waals surface area contributed by atoms with Gasteiger partial charge in [0.2, 0.25) is 5.91 Å². The highest BCUT2D eigenvalue weighted by Crippen LogP contribution is 2.48. The van der Waals surface area contributed by atoms with Crippen LogP contribution in [0.2, 0.25) is 0 Å². The molecular weight excluding hydrogens is 338 g/mol. The molecule has 0 bridgehead atoms. The smallest absolute Gasteiger partial charge is 0.224 e. The summed E-state index contributed by atoms with van der Waals surface area (Å²) in [5.74, 6) is 0.0193. The number of aliphatic hydroxyl groups is 1. The van der Waals surface area contributed by atoms with E-state index in [0.29, 0.717) is 6.04 Å².